The van der Waals surface area contributed by atoms with Crippen LogP contribution < -0.4 is 10.5 Å². The van der Waals surface area contributed by atoms with E-state index in [1.807, 2.05) is 12.2 Å². The lowest BCUT2D eigenvalue weighted by molar-refractivity contribution is 0.122. The van der Waals surface area contributed by atoms with Crippen LogP contribution in [0.5, 0.6) is 0 Å². The molecule has 6 heteroatoms. The number of fused-ring (bicyclic) bond motifs is 3. The molecule has 2 aromatic heterocycles. The number of morpholine rings is 1. The molecule has 0 atom stereocenters. The van der Waals surface area contributed by atoms with Crippen molar-refractivity contribution in [1.82, 2.24) is 9.97 Å². The Morgan fingerprint density at radius 3 is 2.66 bits per heavy atom. The zero-order valence-electron chi connectivity index (χ0n) is 16.4. The van der Waals surface area contributed by atoms with Gasteiger partial charge in [-0.15, -0.1) is 11.3 Å². The van der Waals surface area contributed by atoms with Gasteiger partial charge in [0.1, 0.15) is 10.7 Å². The summed E-state index contributed by atoms with van der Waals surface area (Å²) in [6.07, 6.45) is 9.62. The molecule has 1 aliphatic carbocycles. The third-order valence-corrected chi connectivity index (χ3v) is 6.98. The Kier molecular flexibility index (Phi) is 5.21. The zero-order chi connectivity index (χ0) is 19.6. The molecule has 3 aromatic rings. The van der Waals surface area contributed by atoms with Gasteiger partial charge in [0.05, 0.1) is 18.6 Å². The van der Waals surface area contributed by atoms with Gasteiger partial charge >= 0.3 is 0 Å². The van der Waals surface area contributed by atoms with Crippen LogP contribution in [-0.4, -0.2) is 36.3 Å². The lowest BCUT2D eigenvalue weighted by Crippen LogP contribution is -2.36. The lowest BCUT2D eigenvalue weighted by atomic mass is 10.1. The van der Waals surface area contributed by atoms with Gasteiger partial charge in [0.15, 0.2) is 0 Å². The molecule has 1 aromatic carbocycles. The molecular weight excluding hydrogens is 382 g/mol. The van der Waals surface area contributed by atoms with Crippen LogP contribution in [0.1, 0.15) is 41.1 Å². The second kappa shape index (κ2) is 8.13. The van der Waals surface area contributed by atoms with E-state index in [0.717, 1.165) is 54.9 Å². The van der Waals surface area contributed by atoms with Crippen molar-refractivity contribution in [2.45, 2.75) is 32.1 Å². The SMILES string of the molecule is O=c1[nH]c(/C=C/c2ccc(N3CCOCC3)cc2)nc2sc3c(c12)CCCCC3. The highest BCUT2D eigenvalue weighted by Gasteiger charge is 2.18. The maximum absolute atomic E-state index is 12.7. The molecule has 1 fully saturated rings. The van der Waals surface area contributed by atoms with Gasteiger partial charge in [0.2, 0.25) is 0 Å². The highest BCUT2D eigenvalue weighted by molar-refractivity contribution is 7.18. The summed E-state index contributed by atoms with van der Waals surface area (Å²) in [7, 11) is 0. The Morgan fingerprint density at radius 2 is 1.83 bits per heavy atom. The van der Waals surface area contributed by atoms with Gasteiger partial charge in [-0.1, -0.05) is 24.6 Å². The number of aryl methyl sites for hydroxylation is 2. The third-order valence-electron chi connectivity index (χ3n) is 5.80. The molecule has 1 aliphatic heterocycles. The van der Waals surface area contributed by atoms with Gasteiger partial charge in [0.25, 0.3) is 5.56 Å². The maximum atomic E-state index is 12.7. The first-order chi connectivity index (χ1) is 14.3. The molecule has 1 saturated heterocycles. The second-order valence-electron chi connectivity index (χ2n) is 7.72. The van der Waals surface area contributed by atoms with Gasteiger partial charge in [-0.3, -0.25) is 4.79 Å². The van der Waals surface area contributed by atoms with E-state index < -0.39 is 0 Å². The fraction of sp³-hybridized carbons (Fsp3) is 0.391. The minimum absolute atomic E-state index is 0.00304. The fourth-order valence-electron chi connectivity index (χ4n) is 4.23. The molecule has 29 heavy (non-hydrogen) atoms. The summed E-state index contributed by atoms with van der Waals surface area (Å²) in [6, 6.07) is 8.48. The van der Waals surface area contributed by atoms with Gasteiger partial charge in [-0.2, -0.15) is 0 Å². The summed E-state index contributed by atoms with van der Waals surface area (Å²) in [6.45, 7) is 3.45. The summed E-state index contributed by atoms with van der Waals surface area (Å²) >= 11 is 1.70. The Labute approximate surface area is 174 Å². The van der Waals surface area contributed by atoms with Crippen LogP contribution in [0.25, 0.3) is 22.4 Å². The number of anilines is 1. The molecule has 0 radical (unpaired) electrons. The number of ether oxygens (including phenoxy) is 1. The number of H-pyrrole nitrogens is 1. The Morgan fingerprint density at radius 1 is 1.03 bits per heavy atom. The number of aromatic nitrogens is 2. The van der Waals surface area contributed by atoms with Gasteiger partial charge < -0.3 is 14.6 Å². The molecule has 0 saturated carbocycles. The van der Waals surface area contributed by atoms with Crippen molar-refractivity contribution in [3.63, 3.8) is 0 Å². The second-order valence-corrected chi connectivity index (χ2v) is 8.80. The molecule has 3 heterocycles. The molecule has 5 rings (SSSR count). The average molecular weight is 408 g/mol. The van der Waals surface area contributed by atoms with Crippen LogP contribution in [-0.2, 0) is 17.6 Å². The van der Waals surface area contributed by atoms with Crippen molar-refractivity contribution in [3.8, 4) is 0 Å². The highest BCUT2D eigenvalue weighted by Crippen LogP contribution is 2.32. The van der Waals surface area contributed by atoms with E-state index in [1.165, 1.54) is 35.4 Å². The zero-order valence-corrected chi connectivity index (χ0v) is 17.3. The van der Waals surface area contributed by atoms with Crippen LogP contribution in [0.4, 0.5) is 5.69 Å². The predicted molar refractivity (Wildman–Crippen MR) is 120 cm³/mol. The van der Waals surface area contributed by atoms with E-state index in [4.69, 9.17) is 9.72 Å². The van der Waals surface area contributed by atoms with Gasteiger partial charge in [-0.25, -0.2) is 4.98 Å². The summed E-state index contributed by atoms with van der Waals surface area (Å²) in [5.74, 6) is 0.621. The number of aromatic amines is 1. The summed E-state index contributed by atoms with van der Waals surface area (Å²) < 4.78 is 5.42. The molecule has 5 nitrogen and oxygen atoms in total. The van der Waals surface area contributed by atoms with E-state index in [2.05, 4.69) is 34.1 Å². The van der Waals surface area contributed by atoms with Crippen LogP contribution in [0.2, 0.25) is 0 Å². The van der Waals surface area contributed by atoms with E-state index in [-0.39, 0.29) is 5.56 Å². The molecule has 1 N–H and O–H groups in total. The Bertz CT molecular complexity index is 1090. The van der Waals surface area contributed by atoms with Crippen molar-refractivity contribution in [3.05, 3.63) is 56.4 Å². The van der Waals surface area contributed by atoms with Crippen LogP contribution in [0, 0.1) is 0 Å². The third kappa shape index (κ3) is 3.87. The van der Waals surface area contributed by atoms with Crippen LogP contribution in [0.3, 0.4) is 0 Å². The quantitative estimate of drug-likeness (QED) is 0.659. The predicted octanol–water partition coefficient (Wildman–Crippen LogP) is 4.26. The van der Waals surface area contributed by atoms with E-state index >= 15 is 0 Å². The first-order valence-corrected chi connectivity index (χ1v) is 11.2. The van der Waals surface area contributed by atoms with Crippen molar-refractivity contribution in [2.75, 3.05) is 31.2 Å². The van der Waals surface area contributed by atoms with E-state index in [0.29, 0.717) is 5.82 Å². The summed E-state index contributed by atoms with van der Waals surface area (Å²) in [5.41, 5.74) is 3.55. The van der Waals surface area contributed by atoms with Gasteiger partial charge in [-0.05, 0) is 55.0 Å². The minimum Gasteiger partial charge on any atom is -0.378 e. The number of nitrogens with zero attached hydrogens (tertiary/aromatic N) is 2. The number of benzene rings is 1. The highest BCUT2D eigenvalue weighted by atomic mass is 32.1. The Balaban J connectivity index is 1.38. The van der Waals surface area contributed by atoms with E-state index in [1.54, 1.807) is 11.3 Å². The normalized spacial score (nSPS) is 17.6. The smallest absolute Gasteiger partial charge is 0.260 e. The largest absolute Gasteiger partial charge is 0.378 e. The number of thiophene rings is 1. The fourth-order valence-corrected chi connectivity index (χ4v) is 5.50. The number of rotatable bonds is 3. The lowest BCUT2D eigenvalue weighted by Gasteiger charge is -2.28. The molecule has 0 spiro atoms. The standard InChI is InChI=1S/C23H25N3O2S/c27-22-21-18-4-2-1-3-5-19(18)29-23(21)25-20(24-22)11-8-16-6-9-17(10-7-16)26-12-14-28-15-13-26/h6-11H,1-5,12-15H2,(H,24,25,27)/b11-8+. The molecule has 0 unspecified atom stereocenters. The average Bonchev–Trinajstić information content (AvgIpc) is 2.95. The number of hydrogen-bond acceptors (Lipinski definition) is 5. The topological polar surface area (TPSA) is 58.2 Å². The molecular formula is C23H25N3O2S. The number of hydrogen-bond donors (Lipinski definition) is 1. The first-order valence-electron chi connectivity index (χ1n) is 10.4. The van der Waals surface area contributed by atoms with Crippen molar-refractivity contribution in [1.29, 1.82) is 0 Å². The molecule has 150 valence electrons. The van der Waals surface area contributed by atoms with Crippen LogP contribution in [0.15, 0.2) is 29.1 Å². The van der Waals surface area contributed by atoms with Crippen LogP contribution >= 0.6 is 11.3 Å². The molecule has 0 bridgehead atoms. The van der Waals surface area contributed by atoms with Crippen molar-refractivity contribution < 1.29 is 4.74 Å². The van der Waals surface area contributed by atoms with Crippen molar-refractivity contribution >= 4 is 39.4 Å². The van der Waals surface area contributed by atoms with Crippen molar-refractivity contribution in [2.24, 2.45) is 0 Å². The minimum atomic E-state index is -0.00304. The Hall–Kier alpha value is -2.44. The molecule has 0 amide bonds. The maximum Gasteiger partial charge on any atom is 0.260 e. The van der Waals surface area contributed by atoms with E-state index in [9.17, 15) is 4.79 Å². The van der Waals surface area contributed by atoms with Gasteiger partial charge in [0, 0.05) is 23.7 Å². The summed E-state index contributed by atoms with van der Waals surface area (Å²) in [5, 5.41) is 0.818. The number of nitrogens with one attached hydrogen (secondary N) is 1. The summed E-state index contributed by atoms with van der Waals surface area (Å²) in [4.78, 5) is 25.0. The molecule has 2 aliphatic rings. The first kappa shape index (κ1) is 18.6. The monoisotopic (exact) mass is 407 g/mol.